The molecule has 2 amide bonds. The monoisotopic (exact) mass is 448 g/mol. The van der Waals surface area contributed by atoms with Gasteiger partial charge >= 0.3 is 5.97 Å². The molecule has 0 atom stereocenters. The molecule has 0 aromatic heterocycles. The smallest absolute Gasteiger partial charge is 0.329 e. The Bertz CT molecular complexity index is 1290. The standard InChI is InChI=1S/C25H21FN2O5/c1-24(2)17(12-19(33-24)20-16-8-7-15(26)11-18(16)27-22(20)30)13-3-5-14(6-4-13)21(29)28-25(9-10-25)23(31)32/h3-8,11-12H,9-10H2,1-2H3,(H,27,30)(H,28,29)(H,31,32). The van der Waals surface area contributed by atoms with Gasteiger partial charge in [0.15, 0.2) is 0 Å². The Labute approximate surface area is 188 Å². The molecule has 2 aromatic rings. The minimum absolute atomic E-state index is 0.340. The summed E-state index contributed by atoms with van der Waals surface area (Å²) in [4.78, 5) is 36.4. The molecule has 168 valence electrons. The minimum atomic E-state index is -1.15. The lowest BCUT2D eigenvalue weighted by Gasteiger charge is -2.23. The number of ether oxygens (including phenoxy) is 1. The van der Waals surface area contributed by atoms with Crippen LogP contribution in [0, 0.1) is 5.82 Å². The maximum absolute atomic E-state index is 13.6. The first-order chi connectivity index (χ1) is 15.6. The average molecular weight is 448 g/mol. The van der Waals surface area contributed by atoms with Crippen LogP contribution < -0.4 is 10.6 Å². The number of allylic oxidation sites excluding steroid dienone is 1. The number of carbonyl (C=O) groups excluding carboxylic acids is 2. The molecule has 0 spiro atoms. The first-order valence-electron chi connectivity index (χ1n) is 10.5. The van der Waals surface area contributed by atoms with Crippen LogP contribution in [0.4, 0.5) is 10.1 Å². The van der Waals surface area contributed by atoms with E-state index in [-0.39, 0.29) is 5.91 Å². The SMILES string of the molecule is CC1(C)OC(=C2C(=O)Nc3cc(F)ccc32)C=C1c1ccc(C(=O)NC2(C(=O)O)CC2)cc1. The van der Waals surface area contributed by atoms with Gasteiger partial charge in [-0.2, -0.15) is 0 Å². The van der Waals surface area contributed by atoms with Crippen LogP contribution >= 0.6 is 0 Å². The number of benzene rings is 2. The molecule has 2 heterocycles. The molecule has 7 nitrogen and oxygen atoms in total. The molecule has 33 heavy (non-hydrogen) atoms. The quantitative estimate of drug-likeness (QED) is 0.619. The molecule has 0 bridgehead atoms. The Morgan fingerprint density at radius 3 is 2.45 bits per heavy atom. The number of nitrogens with one attached hydrogen (secondary N) is 2. The van der Waals surface area contributed by atoms with Gasteiger partial charge in [-0.05, 0) is 68.7 Å². The third-order valence-electron chi connectivity index (χ3n) is 6.23. The Hall–Kier alpha value is -3.94. The number of hydrogen-bond acceptors (Lipinski definition) is 4. The highest BCUT2D eigenvalue weighted by Gasteiger charge is 2.51. The molecule has 2 aliphatic heterocycles. The van der Waals surface area contributed by atoms with Crippen molar-refractivity contribution in [2.24, 2.45) is 0 Å². The van der Waals surface area contributed by atoms with Crippen LogP contribution in [-0.2, 0) is 14.3 Å². The van der Waals surface area contributed by atoms with E-state index >= 15 is 0 Å². The Kier molecular flexibility index (Phi) is 4.46. The third kappa shape index (κ3) is 3.47. The summed E-state index contributed by atoms with van der Waals surface area (Å²) in [6.45, 7) is 3.74. The Morgan fingerprint density at radius 1 is 1.12 bits per heavy atom. The minimum Gasteiger partial charge on any atom is -0.482 e. The van der Waals surface area contributed by atoms with Gasteiger partial charge in [0.25, 0.3) is 11.8 Å². The van der Waals surface area contributed by atoms with Crippen molar-refractivity contribution in [1.82, 2.24) is 5.32 Å². The highest BCUT2D eigenvalue weighted by atomic mass is 19.1. The first kappa shape index (κ1) is 20.9. The molecule has 1 fully saturated rings. The number of carboxylic acids is 1. The molecule has 8 heteroatoms. The van der Waals surface area contributed by atoms with Crippen molar-refractivity contribution in [3.63, 3.8) is 0 Å². The maximum atomic E-state index is 13.6. The van der Waals surface area contributed by atoms with Crippen molar-refractivity contribution >= 4 is 34.6 Å². The second-order valence-electron chi connectivity index (χ2n) is 8.97. The van der Waals surface area contributed by atoms with Crippen LogP contribution in [-0.4, -0.2) is 34.0 Å². The van der Waals surface area contributed by atoms with Crippen LogP contribution in [0.3, 0.4) is 0 Å². The van der Waals surface area contributed by atoms with Crippen LogP contribution in [0.5, 0.6) is 0 Å². The molecule has 3 aliphatic rings. The van der Waals surface area contributed by atoms with Gasteiger partial charge in [0.1, 0.15) is 22.7 Å². The number of aliphatic carboxylic acids is 1. The van der Waals surface area contributed by atoms with Gasteiger partial charge in [-0.25, -0.2) is 9.18 Å². The van der Waals surface area contributed by atoms with E-state index in [2.05, 4.69) is 10.6 Å². The Morgan fingerprint density at radius 2 is 1.82 bits per heavy atom. The van der Waals surface area contributed by atoms with Crippen LogP contribution in [0.1, 0.15) is 48.2 Å². The zero-order valence-corrected chi connectivity index (χ0v) is 18.0. The van der Waals surface area contributed by atoms with E-state index in [1.807, 2.05) is 13.8 Å². The lowest BCUT2D eigenvalue weighted by molar-refractivity contribution is -0.140. The summed E-state index contributed by atoms with van der Waals surface area (Å²) in [7, 11) is 0. The summed E-state index contributed by atoms with van der Waals surface area (Å²) in [5.74, 6) is -1.88. The van der Waals surface area contributed by atoms with E-state index < -0.39 is 28.8 Å². The van der Waals surface area contributed by atoms with Gasteiger partial charge in [-0.3, -0.25) is 9.59 Å². The van der Waals surface area contributed by atoms with Crippen molar-refractivity contribution in [3.05, 3.63) is 76.8 Å². The lowest BCUT2D eigenvalue weighted by Crippen LogP contribution is -2.43. The number of anilines is 1. The Balaban J connectivity index is 1.45. The van der Waals surface area contributed by atoms with Gasteiger partial charge in [0.2, 0.25) is 0 Å². The predicted octanol–water partition coefficient (Wildman–Crippen LogP) is 3.73. The van der Waals surface area contributed by atoms with E-state index in [9.17, 15) is 23.9 Å². The van der Waals surface area contributed by atoms with Crippen LogP contribution in [0.25, 0.3) is 11.1 Å². The fourth-order valence-corrected chi connectivity index (χ4v) is 4.22. The van der Waals surface area contributed by atoms with Gasteiger partial charge in [0, 0.05) is 16.7 Å². The van der Waals surface area contributed by atoms with E-state index in [4.69, 9.17) is 4.74 Å². The first-order valence-corrected chi connectivity index (χ1v) is 10.5. The number of halogens is 1. The summed E-state index contributed by atoms with van der Waals surface area (Å²) in [5.41, 5.74) is 1.37. The predicted molar refractivity (Wildman–Crippen MR) is 119 cm³/mol. The highest BCUT2D eigenvalue weighted by molar-refractivity contribution is 6.32. The zero-order valence-electron chi connectivity index (χ0n) is 18.0. The molecule has 0 radical (unpaired) electrons. The van der Waals surface area contributed by atoms with Crippen molar-refractivity contribution in [2.75, 3.05) is 5.32 Å². The number of amides is 2. The van der Waals surface area contributed by atoms with E-state index in [1.165, 1.54) is 12.1 Å². The molecule has 5 rings (SSSR count). The number of rotatable bonds is 4. The van der Waals surface area contributed by atoms with Crippen molar-refractivity contribution < 1.29 is 28.6 Å². The zero-order chi connectivity index (χ0) is 23.5. The van der Waals surface area contributed by atoms with Gasteiger partial charge in [-0.1, -0.05) is 12.1 Å². The summed E-state index contributed by atoms with van der Waals surface area (Å²) < 4.78 is 19.7. The largest absolute Gasteiger partial charge is 0.482 e. The third-order valence-corrected chi connectivity index (χ3v) is 6.23. The number of carbonyl (C=O) groups is 3. The number of carboxylic acid groups (broad SMARTS) is 1. The summed E-state index contributed by atoms with van der Waals surface area (Å²) in [6, 6.07) is 10.9. The van der Waals surface area contributed by atoms with Gasteiger partial charge in [0.05, 0.1) is 11.3 Å². The van der Waals surface area contributed by atoms with Crippen LogP contribution in [0.2, 0.25) is 0 Å². The van der Waals surface area contributed by atoms with Crippen molar-refractivity contribution in [2.45, 2.75) is 37.8 Å². The molecule has 0 saturated heterocycles. The van der Waals surface area contributed by atoms with E-state index in [1.54, 1.807) is 36.4 Å². The molecular formula is C25H21FN2O5. The number of hydrogen-bond donors (Lipinski definition) is 3. The molecule has 1 saturated carbocycles. The van der Waals surface area contributed by atoms with Gasteiger partial charge < -0.3 is 20.5 Å². The van der Waals surface area contributed by atoms with E-state index in [0.29, 0.717) is 41.0 Å². The molecule has 3 N–H and O–H groups in total. The summed E-state index contributed by atoms with van der Waals surface area (Å²) >= 11 is 0. The summed E-state index contributed by atoms with van der Waals surface area (Å²) in [5, 5.41) is 14.5. The fourth-order valence-electron chi connectivity index (χ4n) is 4.22. The van der Waals surface area contributed by atoms with Gasteiger partial charge in [-0.15, -0.1) is 0 Å². The average Bonchev–Trinajstić information content (AvgIpc) is 3.37. The van der Waals surface area contributed by atoms with Crippen molar-refractivity contribution in [3.8, 4) is 0 Å². The molecule has 2 aromatic carbocycles. The normalized spacial score (nSPS) is 21.5. The fraction of sp³-hybridized carbons (Fsp3) is 0.240. The molecule has 0 unspecified atom stereocenters. The lowest BCUT2D eigenvalue weighted by atomic mass is 9.91. The van der Waals surface area contributed by atoms with Crippen LogP contribution in [0.15, 0.2) is 54.3 Å². The molecular weight excluding hydrogens is 427 g/mol. The van der Waals surface area contributed by atoms with Crippen molar-refractivity contribution in [1.29, 1.82) is 0 Å². The maximum Gasteiger partial charge on any atom is 0.329 e. The second kappa shape index (κ2) is 7.03. The van der Waals surface area contributed by atoms with E-state index in [0.717, 1.165) is 11.1 Å². The number of fused-ring (bicyclic) bond motifs is 1. The topological polar surface area (TPSA) is 105 Å². The highest BCUT2D eigenvalue weighted by Crippen LogP contribution is 2.44. The summed E-state index contributed by atoms with van der Waals surface area (Å²) in [6.07, 6.45) is 2.63. The second-order valence-corrected chi connectivity index (χ2v) is 8.97. The molecule has 1 aliphatic carbocycles.